The Morgan fingerprint density at radius 3 is 2.12 bits per heavy atom. The van der Waals surface area contributed by atoms with Gasteiger partial charge >= 0.3 is 6.03 Å². The Morgan fingerprint density at radius 1 is 0.917 bits per heavy atom. The molecule has 0 heterocycles. The summed E-state index contributed by atoms with van der Waals surface area (Å²) in [5.41, 5.74) is 1.55. The normalized spacial score (nSPS) is 11.3. The molecule has 1 unspecified atom stereocenters. The molecule has 0 saturated heterocycles. The number of methoxy groups -OCH3 is 3. The highest BCUT2D eigenvalue weighted by molar-refractivity contribution is 5.91. The fourth-order valence-electron chi connectivity index (χ4n) is 2.23. The van der Waals surface area contributed by atoms with Crippen LogP contribution in [-0.2, 0) is 0 Å². The van der Waals surface area contributed by atoms with Gasteiger partial charge in [0.15, 0.2) is 0 Å². The van der Waals surface area contributed by atoms with Crippen LogP contribution >= 0.6 is 0 Å². The molecule has 2 aromatic carbocycles. The molecule has 0 aliphatic rings. The van der Waals surface area contributed by atoms with E-state index in [9.17, 15) is 4.79 Å². The number of benzene rings is 2. The number of carbonyl (C=O) groups is 1. The molecule has 1 atom stereocenters. The molecule has 2 amide bonds. The second kappa shape index (κ2) is 8.10. The molecular formula is C18H22N2O4. The molecule has 0 radical (unpaired) electrons. The zero-order valence-electron chi connectivity index (χ0n) is 14.3. The highest BCUT2D eigenvalue weighted by atomic mass is 16.5. The second-order valence-electron chi connectivity index (χ2n) is 5.16. The van der Waals surface area contributed by atoms with E-state index in [0.717, 1.165) is 11.3 Å². The Morgan fingerprint density at radius 2 is 1.54 bits per heavy atom. The van der Waals surface area contributed by atoms with E-state index >= 15 is 0 Å². The van der Waals surface area contributed by atoms with Crippen LogP contribution in [0.25, 0.3) is 0 Å². The SMILES string of the molecule is COc1ccc(C(C)NC(=O)Nc2ccc(OC)cc2OC)cc1. The van der Waals surface area contributed by atoms with Crippen LogP contribution in [0.3, 0.4) is 0 Å². The average Bonchev–Trinajstić information content (AvgIpc) is 2.61. The maximum atomic E-state index is 12.2. The summed E-state index contributed by atoms with van der Waals surface area (Å²) in [7, 11) is 4.73. The van der Waals surface area contributed by atoms with Gasteiger partial charge in [-0.3, -0.25) is 0 Å². The van der Waals surface area contributed by atoms with Gasteiger partial charge < -0.3 is 24.8 Å². The minimum Gasteiger partial charge on any atom is -0.497 e. The van der Waals surface area contributed by atoms with Gasteiger partial charge in [-0.1, -0.05) is 12.1 Å². The Labute approximate surface area is 141 Å². The van der Waals surface area contributed by atoms with Gasteiger partial charge in [0.2, 0.25) is 0 Å². The second-order valence-corrected chi connectivity index (χ2v) is 5.16. The van der Waals surface area contributed by atoms with Crippen molar-refractivity contribution in [3.8, 4) is 17.2 Å². The largest absolute Gasteiger partial charge is 0.497 e. The lowest BCUT2D eigenvalue weighted by molar-refractivity contribution is 0.249. The van der Waals surface area contributed by atoms with Gasteiger partial charge in [-0.15, -0.1) is 0 Å². The summed E-state index contributed by atoms with van der Waals surface area (Å²) < 4.78 is 15.5. The Bertz CT molecular complexity index is 686. The number of urea groups is 1. The minimum atomic E-state index is -0.318. The van der Waals surface area contributed by atoms with Crippen molar-refractivity contribution in [3.63, 3.8) is 0 Å². The molecule has 0 saturated carbocycles. The smallest absolute Gasteiger partial charge is 0.319 e. The molecule has 6 heteroatoms. The maximum Gasteiger partial charge on any atom is 0.319 e. The first-order valence-electron chi connectivity index (χ1n) is 7.51. The zero-order chi connectivity index (χ0) is 17.5. The van der Waals surface area contributed by atoms with Crippen LogP contribution in [-0.4, -0.2) is 27.4 Å². The van der Waals surface area contributed by atoms with E-state index in [0.29, 0.717) is 17.2 Å². The van der Waals surface area contributed by atoms with E-state index in [4.69, 9.17) is 14.2 Å². The predicted octanol–water partition coefficient (Wildman–Crippen LogP) is 3.60. The Kier molecular flexibility index (Phi) is 5.89. The minimum absolute atomic E-state index is 0.153. The quantitative estimate of drug-likeness (QED) is 0.849. The summed E-state index contributed by atoms with van der Waals surface area (Å²) in [5.74, 6) is 1.96. The highest BCUT2D eigenvalue weighted by Gasteiger charge is 2.12. The summed E-state index contributed by atoms with van der Waals surface area (Å²) in [6, 6.07) is 12.3. The van der Waals surface area contributed by atoms with Crippen molar-refractivity contribution in [2.24, 2.45) is 0 Å². The van der Waals surface area contributed by atoms with Gasteiger partial charge in [0.05, 0.1) is 33.1 Å². The monoisotopic (exact) mass is 330 g/mol. The number of nitrogens with one attached hydrogen (secondary N) is 2. The average molecular weight is 330 g/mol. The van der Waals surface area contributed by atoms with E-state index in [1.54, 1.807) is 32.4 Å². The predicted molar refractivity (Wildman–Crippen MR) is 93.1 cm³/mol. The van der Waals surface area contributed by atoms with Gasteiger partial charge in [-0.05, 0) is 36.8 Å². The van der Waals surface area contributed by atoms with Crippen LogP contribution < -0.4 is 24.8 Å². The van der Waals surface area contributed by atoms with Crippen molar-refractivity contribution < 1.29 is 19.0 Å². The number of hydrogen-bond acceptors (Lipinski definition) is 4. The topological polar surface area (TPSA) is 68.8 Å². The Hall–Kier alpha value is -2.89. The first-order valence-corrected chi connectivity index (χ1v) is 7.51. The van der Waals surface area contributed by atoms with Gasteiger partial charge in [0.1, 0.15) is 17.2 Å². The van der Waals surface area contributed by atoms with Crippen LogP contribution in [0.4, 0.5) is 10.5 Å². The fraction of sp³-hybridized carbons (Fsp3) is 0.278. The van der Waals surface area contributed by atoms with Crippen molar-refractivity contribution in [3.05, 3.63) is 48.0 Å². The lowest BCUT2D eigenvalue weighted by atomic mass is 10.1. The lowest BCUT2D eigenvalue weighted by Gasteiger charge is -2.17. The van der Waals surface area contributed by atoms with Crippen molar-refractivity contribution in [1.82, 2.24) is 5.32 Å². The summed E-state index contributed by atoms with van der Waals surface area (Å²) >= 11 is 0. The van der Waals surface area contributed by atoms with Crippen molar-refractivity contribution >= 4 is 11.7 Å². The molecule has 6 nitrogen and oxygen atoms in total. The molecule has 0 bridgehead atoms. The van der Waals surface area contributed by atoms with E-state index in [1.165, 1.54) is 7.11 Å². The first-order chi connectivity index (χ1) is 11.6. The third kappa shape index (κ3) is 4.32. The first kappa shape index (κ1) is 17.5. The molecule has 0 aliphatic carbocycles. The fourth-order valence-corrected chi connectivity index (χ4v) is 2.23. The molecule has 24 heavy (non-hydrogen) atoms. The van der Waals surface area contributed by atoms with Crippen molar-refractivity contribution in [2.75, 3.05) is 26.6 Å². The molecule has 0 fully saturated rings. The van der Waals surface area contributed by atoms with E-state index in [2.05, 4.69) is 10.6 Å². The van der Waals surface area contributed by atoms with Gasteiger partial charge in [0, 0.05) is 6.07 Å². The number of hydrogen-bond donors (Lipinski definition) is 2. The number of ether oxygens (including phenoxy) is 3. The molecule has 2 rings (SSSR count). The highest BCUT2D eigenvalue weighted by Crippen LogP contribution is 2.29. The third-order valence-corrected chi connectivity index (χ3v) is 3.62. The molecule has 0 aromatic heterocycles. The van der Waals surface area contributed by atoms with Crippen LogP contribution in [0.1, 0.15) is 18.5 Å². The van der Waals surface area contributed by atoms with Crippen LogP contribution in [0, 0.1) is 0 Å². The lowest BCUT2D eigenvalue weighted by Crippen LogP contribution is -2.31. The number of carbonyl (C=O) groups excluding carboxylic acids is 1. The summed E-state index contributed by atoms with van der Waals surface area (Å²) in [6.07, 6.45) is 0. The summed E-state index contributed by atoms with van der Waals surface area (Å²) in [5, 5.41) is 5.67. The molecule has 0 spiro atoms. The van der Waals surface area contributed by atoms with Crippen LogP contribution in [0.2, 0.25) is 0 Å². The number of anilines is 1. The molecule has 128 valence electrons. The van der Waals surface area contributed by atoms with Crippen molar-refractivity contribution in [2.45, 2.75) is 13.0 Å². The standard InChI is InChI=1S/C18H22N2O4/c1-12(13-5-7-14(22-2)8-6-13)19-18(21)20-16-10-9-15(23-3)11-17(16)24-4/h5-12H,1-4H3,(H2,19,20,21). The van der Waals surface area contributed by atoms with E-state index in [1.807, 2.05) is 31.2 Å². The van der Waals surface area contributed by atoms with Gasteiger partial charge in [0.25, 0.3) is 0 Å². The molecular weight excluding hydrogens is 308 g/mol. The van der Waals surface area contributed by atoms with E-state index in [-0.39, 0.29) is 12.1 Å². The van der Waals surface area contributed by atoms with Gasteiger partial charge in [-0.25, -0.2) is 4.79 Å². The molecule has 2 N–H and O–H groups in total. The maximum absolute atomic E-state index is 12.2. The van der Waals surface area contributed by atoms with Crippen molar-refractivity contribution in [1.29, 1.82) is 0 Å². The third-order valence-electron chi connectivity index (χ3n) is 3.62. The summed E-state index contributed by atoms with van der Waals surface area (Å²) in [4.78, 5) is 12.2. The zero-order valence-corrected chi connectivity index (χ0v) is 14.3. The molecule has 0 aliphatic heterocycles. The molecule has 2 aromatic rings. The van der Waals surface area contributed by atoms with E-state index < -0.39 is 0 Å². The Balaban J connectivity index is 2.01. The summed E-state index contributed by atoms with van der Waals surface area (Å²) in [6.45, 7) is 1.91. The number of rotatable bonds is 6. The number of amides is 2. The van der Waals surface area contributed by atoms with Gasteiger partial charge in [-0.2, -0.15) is 0 Å². The van der Waals surface area contributed by atoms with Crippen LogP contribution in [0.5, 0.6) is 17.2 Å². The van der Waals surface area contributed by atoms with Crippen LogP contribution in [0.15, 0.2) is 42.5 Å².